The Labute approximate surface area is 98.4 Å². The number of nitrogens with one attached hydrogen (secondary N) is 1. The maximum atomic E-state index is 11.3. The van der Waals surface area contributed by atoms with Gasteiger partial charge in [0.05, 0.1) is 3.57 Å². The minimum absolute atomic E-state index is 0.0822. The molecule has 0 aliphatic heterocycles. The van der Waals surface area contributed by atoms with Crippen LogP contribution < -0.4 is 5.56 Å². The van der Waals surface area contributed by atoms with E-state index in [2.05, 4.69) is 9.97 Å². The molecule has 0 amide bonds. The van der Waals surface area contributed by atoms with Gasteiger partial charge in [0.2, 0.25) is 0 Å². The molecular formula is C9H7IN2OS. The van der Waals surface area contributed by atoms with Gasteiger partial charge in [0.15, 0.2) is 0 Å². The predicted molar refractivity (Wildman–Crippen MR) is 65.6 cm³/mol. The largest absolute Gasteiger partial charge is 0.306 e. The van der Waals surface area contributed by atoms with Gasteiger partial charge >= 0.3 is 0 Å². The summed E-state index contributed by atoms with van der Waals surface area (Å²) < 4.78 is 0.610. The molecule has 0 bridgehead atoms. The molecule has 2 rings (SSSR count). The van der Waals surface area contributed by atoms with Crippen LogP contribution in [0.5, 0.6) is 0 Å². The average Bonchev–Trinajstić information content (AvgIpc) is 2.57. The second kappa shape index (κ2) is 3.82. The second-order valence-electron chi connectivity index (χ2n) is 2.80. The van der Waals surface area contributed by atoms with Crippen molar-refractivity contribution in [2.45, 2.75) is 6.92 Å². The Morgan fingerprint density at radius 1 is 1.57 bits per heavy atom. The van der Waals surface area contributed by atoms with E-state index in [1.165, 1.54) is 0 Å². The van der Waals surface area contributed by atoms with E-state index in [0.29, 0.717) is 9.39 Å². The molecule has 0 saturated heterocycles. The van der Waals surface area contributed by atoms with Gasteiger partial charge in [0.1, 0.15) is 5.82 Å². The highest BCUT2D eigenvalue weighted by Gasteiger charge is 2.06. The SMILES string of the molecule is Cc1sccc1-c1ncc(I)c(=O)[nH]1. The zero-order valence-corrected chi connectivity index (χ0v) is 10.3. The average molecular weight is 318 g/mol. The number of hydrogen-bond donors (Lipinski definition) is 1. The first kappa shape index (κ1) is 9.85. The number of H-pyrrole nitrogens is 1. The molecule has 1 N–H and O–H groups in total. The van der Waals surface area contributed by atoms with E-state index in [0.717, 1.165) is 10.4 Å². The maximum absolute atomic E-state index is 11.3. The summed E-state index contributed by atoms with van der Waals surface area (Å²) in [6.07, 6.45) is 1.59. The van der Waals surface area contributed by atoms with Gasteiger partial charge < -0.3 is 4.98 Å². The standard InChI is InChI=1S/C9H7IN2OS/c1-5-6(2-3-14-5)8-11-4-7(10)9(13)12-8/h2-4H,1H3,(H,11,12,13). The fourth-order valence-corrected chi connectivity index (χ4v) is 2.12. The Kier molecular flexibility index (Phi) is 2.69. The Morgan fingerprint density at radius 3 is 2.93 bits per heavy atom. The molecule has 0 atom stereocenters. The molecule has 5 heteroatoms. The van der Waals surface area contributed by atoms with Crippen LogP contribution in [0.3, 0.4) is 0 Å². The summed E-state index contributed by atoms with van der Waals surface area (Å²) in [6, 6.07) is 1.96. The Morgan fingerprint density at radius 2 is 2.36 bits per heavy atom. The van der Waals surface area contributed by atoms with Crippen molar-refractivity contribution in [3.63, 3.8) is 0 Å². The monoisotopic (exact) mass is 318 g/mol. The van der Waals surface area contributed by atoms with E-state index in [1.807, 2.05) is 41.0 Å². The fraction of sp³-hybridized carbons (Fsp3) is 0.111. The lowest BCUT2D eigenvalue weighted by Crippen LogP contribution is -2.11. The Hall–Kier alpha value is -0.690. The summed E-state index contributed by atoms with van der Waals surface area (Å²) in [4.78, 5) is 19.4. The summed E-state index contributed by atoms with van der Waals surface area (Å²) in [7, 11) is 0. The van der Waals surface area contributed by atoms with Crippen molar-refractivity contribution in [3.05, 3.63) is 36.4 Å². The van der Waals surface area contributed by atoms with Gasteiger partial charge in [-0.1, -0.05) is 0 Å². The number of rotatable bonds is 1. The van der Waals surface area contributed by atoms with Crippen LogP contribution in [-0.2, 0) is 0 Å². The van der Waals surface area contributed by atoms with Gasteiger partial charge in [0.25, 0.3) is 5.56 Å². The third-order valence-electron chi connectivity index (χ3n) is 1.87. The predicted octanol–water partition coefficient (Wildman–Crippen LogP) is 2.41. The quantitative estimate of drug-likeness (QED) is 0.821. The van der Waals surface area contributed by atoms with Crippen molar-refractivity contribution in [2.24, 2.45) is 0 Å². The molecule has 0 radical (unpaired) electrons. The first-order chi connectivity index (χ1) is 6.68. The molecule has 2 heterocycles. The highest BCUT2D eigenvalue weighted by molar-refractivity contribution is 14.1. The summed E-state index contributed by atoms with van der Waals surface area (Å²) in [6.45, 7) is 2.01. The molecular weight excluding hydrogens is 311 g/mol. The lowest BCUT2D eigenvalue weighted by molar-refractivity contribution is 1.11. The van der Waals surface area contributed by atoms with Crippen LogP contribution in [0, 0.1) is 10.5 Å². The molecule has 0 fully saturated rings. The molecule has 0 spiro atoms. The van der Waals surface area contributed by atoms with Crippen LogP contribution in [0.4, 0.5) is 0 Å². The number of nitrogens with zero attached hydrogens (tertiary/aromatic N) is 1. The topological polar surface area (TPSA) is 45.8 Å². The van der Waals surface area contributed by atoms with Crippen LogP contribution in [-0.4, -0.2) is 9.97 Å². The normalized spacial score (nSPS) is 10.4. The lowest BCUT2D eigenvalue weighted by atomic mass is 10.2. The van der Waals surface area contributed by atoms with E-state index in [9.17, 15) is 4.79 Å². The van der Waals surface area contributed by atoms with E-state index in [4.69, 9.17) is 0 Å². The Balaban J connectivity index is 2.59. The van der Waals surface area contributed by atoms with Crippen LogP contribution in [0.15, 0.2) is 22.4 Å². The number of aromatic amines is 1. The van der Waals surface area contributed by atoms with Crippen molar-refractivity contribution in [2.75, 3.05) is 0 Å². The summed E-state index contributed by atoms with van der Waals surface area (Å²) in [5.41, 5.74) is 0.921. The van der Waals surface area contributed by atoms with E-state index < -0.39 is 0 Å². The number of halogens is 1. The molecule has 2 aromatic heterocycles. The molecule has 0 aliphatic rings. The van der Waals surface area contributed by atoms with Gasteiger partial charge in [-0.3, -0.25) is 4.79 Å². The number of hydrogen-bond acceptors (Lipinski definition) is 3. The first-order valence-corrected chi connectivity index (χ1v) is 5.93. The Bertz CT molecular complexity index is 518. The zero-order valence-electron chi connectivity index (χ0n) is 7.37. The lowest BCUT2D eigenvalue weighted by Gasteiger charge is -1.98. The van der Waals surface area contributed by atoms with Crippen molar-refractivity contribution in [1.82, 2.24) is 9.97 Å². The molecule has 2 aromatic rings. The highest BCUT2D eigenvalue weighted by Crippen LogP contribution is 2.23. The van der Waals surface area contributed by atoms with Crippen molar-refractivity contribution in [3.8, 4) is 11.4 Å². The van der Waals surface area contributed by atoms with Gasteiger partial charge in [0, 0.05) is 16.6 Å². The van der Waals surface area contributed by atoms with Crippen molar-refractivity contribution in [1.29, 1.82) is 0 Å². The maximum Gasteiger partial charge on any atom is 0.264 e. The van der Waals surface area contributed by atoms with Gasteiger partial charge in [-0.05, 0) is 41.0 Å². The third-order valence-corrected chi connectivity index (χ3v) is 3.48. The molecule has 0 aromatic carbocycles. The van der Waals surface area contributed by atoms with Crippen molar-refractivity contribution >= 4 is 33.9 Å². The van der Waals surface area contributed by atoms with E-state index >= 15 is 0 Å². The van der Waals surface area contributed by atoms with Crippen LogP contribution >= 0.6 is 33.9 Å². The number of thiophene rings is 1. The zero-order chi connectivity index (χ0) is 10.1. The van der Waals surface area contributed by atoms with Gasteiger partial charge in [-0.25, -0.2) is 4.98 Å². The summed E-state index contributed by atoms with van der Waals surface area (Å²) in [5.74, 6) is 0.647. The number of aromatic nitrogens is 2. The second-order valence-corrected chi connectivity index (χ2v) is 5.08. The summed E-state index contributed by atoms with van der Waals surface area (Å²) >= 11 is 3.61. The molecule has 0 unspecified atom stereocenters. The van der Waals surface area contributed by atoms with Gasteiger partial charge in [-0.15, -0.1) is 11.3 Å². The van der Waals surface area contributed by atoms with E-state index in [1.54, 1.807) is 17.5 Å². The third kappa shape index (κ3) is 1.74. The van der Waals surface area contributed by atoms with Crippen LogP contribution in [0.1, 0.15) is 4.88 Å². The minimum Gasteiger partial charge on any atom is -0.306 e. The highest BCUT2D eigenvalue weighted by atomic mass is 127. The van der Waals surface area contributed by atoms with Gasteiger partial charge in [-0.2, -0.15) is 0 Å². The minimum atomic E-state index is -0.0822. The van der Waals surface area contributed by atoms with E-state index in [-0.39, 0.29) is 5.56 Å². The van der Waals surface area contributed by atoms with Crippen molar-refractivity contribution < 1.29 is 0 Å². The first-order valence-electron chi connectivity index (χ1n) is 3.98. The molecule has 0 saturated carbocycles. The fourth-order valence-electron chi connectivity index (χ4n) is 1.15. The number of aryl methyl sites for hydroxylation is 1. The molecule has 3 nitrogen and oxygen atoms in total. The summed E-state index contributed by atoms with van der Waals surface area (Å²) in [5, 5.41) is 1.99. The molecule has 14 heavy (non-hydrogen) atoms. The van der Waals surface area contributed by atoms with Crippen LogP contribution in [0.25, 0.3) is 11.4 Å². The smallest absolute Gasteiger partial charge is 0.264 e. The molecule has 0 aliphatic carbocycles. The molecule has 72 valence electrons. The van der Waals surface area contributed by atoms with Crippen LogP contribution in [0.2, 0.25) is 0 Å².